The fourth-order valence-corrected chi connectivity index (χ4v) is 3.57. The Morgan fingerprint density at radius 1 is 1.61 bits per heavy atom. The highest BCUT2D eigenvalue weighted by Crippen LogP contribution is 2.32. The predicted molar refractivity (Wildman–Crippen MR) is 74.6 cm³/mol. The normalized spacial score (nSPS) is 20.5. The first kappa shape index (κ1) is 13.5. The van der Waals surface area contributed by atoms with Crippen LogP contribution in [0.1, 0.15) is 29.8 Å². The van der Waals surface area contributed by atoms with Crippen molar-refractivity contribution in [2.24, 2.45) is 5.73 Å². The number of rotatable bonds is 4. The number of hydrogen-bond donors (Lipinski definition) is 2. The monoisotopic (exact) mass is 267 g/mol. The van der Waals surface area contributed by atoms with Gasteiger partial charge in [0.15, 0.2) is 0 Å². The van der Waals surface area contributed by atoms with Crippen LogP contribution in [0.4, 0.5) is 0 Å². The van der Waals surface area contributed by atoms with Crippen molar-refractivity contribution in [2.45, 2.75) is 32.4 Å². The van der Waals surface area contributed by atoms with Gasteiger partial charge in [0.05, 0.1) is 12.6 Å². The molecular weight excluding hydrogens is 246 g/mol. The summed E-state index contributed by atoms with van der Waals surface area (Å²) in [6.45, 7) is 6.27. The second-order valence-electron chi connectivity index (χ2n) is 4.81. The van der Waals surface area contributed by atoms with Crippen LogP contribution in [-0.4, -0.2) is 36.5 Å². The van der Waals surface area contributed by atoms with Crippen molar-refractivity contribution < 1.29 is 4.79 Å². The van der Waals surface area contributed by atoms with Gasteiger partial charge in [-0.1, -0.05) is 6.92 Å². The molecule has 0 aromatic carbocycles. The number of nitrogens with one attached hydrogen (secondary N) is 1. The van der Waals surface area contributed by atoms with Gasteiger partial charge in [-0.05, 0) is 30.4 Å². The third-order valence-corrected chi connectivity index (χ3v) is 4.60. The van der Waals surface area contributed by atoms with E-state index < -0.39 is 0 Å². The summed E-state index contributed by atoms with van der Waals surface area (Å²) in [6.07, 6.45) is 0.917. The molecule has 2 heterocycles. The molecule has 18 heavy (non-hydrogen) atoms. The number of thiophene rings is 1. The molecule has 5 heteroatoms. The Balaban J connectivity index is 2.25. The molecule has 100 valence electrons. The Morgan fingerprint density at radius 3 is 2.94 bits per heavy atom. The van der Waals surface area contributed by atoms with Crippen molar-refractivity contribution in [1.82, 2.24) is 10.2 Å². The molecule has 3 N–H and O–H groups in total. The van der Waals surface area contributed by atoms with Crippen LogP contribution in [0.5, 0.6) is 0 Å². The number of nitrogens with zero attached hydrogens (tertiary/aromatic N) is 1. The van der Waals surface area contributed by atoms with Gasteiger partial charge in [-0.15, -0.1) is 11.3 Å². The van der Waals surface area contributed by atoms with Crippen LogP contribution < -0.4 is 11.1 Å². The molecule has 1 saturated heterocycles. The Labute approximate surface area is 112 Å². The lowest BCUT2D eigenvalue weighted by Gasteiger charge is -2.37. The van der Waals surface area contributed by atoms with Crippen LogP contribution in [0.15, 0.2) is 11.4 Å². The SMILES string of the molecule is CCC(N)C(c1sccc1C)N1CCNC(=O)C1. The highest BCUT2D eigenvalue weighted by Gasteiger charge is 2.30. The average molecular weight is 267 g/mol. The van der Waals surface area contributed by atoms with Gasteiger partial charge in [0.25, 0.3) is 0 Å². The van der Waals surface area contributed by atoms with Gasteiger partial charge >= 0.3 is 0 Å². The topological polar surface area (TPSA) is 58.4 Å². The summed E-state index contributed by atoms with van der Waals surface area (Å²) < 4.78 is 0. The molecule has 1 aliphatic heterocycles. The minimum absolute atomic E-state index is 0.0771. The summed E-state index contributed by atoms with van der Waals surface area (Å²) in [6, 6.07) is 2.37. The molecule has 0 radical (unpaired) electrons. The van der Waals surface area contributed by atoms with Gasteiger partial charge in [-0.3, -0.25) is 9.69 Å². The molecule has 4 nitrogen and oxygen atoms in total. The third-order valence-electron chi connectivity index (χ3n) is 3.51. The van der Waals surface area contributed by atoms with Crippen molar-refractivity contribution in [2.75, 3.05) is 19.6 Å². The molecule has 0 saturated carbocycles. The molecule has 0 spiro atoms. The summed E-state index contributed by atoms with van der Waals surface area (Å²) in [5, 5.41) is 4.97. The molecule has 2 rings (SSSR count). The highest BCUT2D eigenvalue weighted by atomic mass is 32.1. The van der Waals surface area contributed by atoms with E-state index in [0.717, 1.165) is 19.5 Å². The minimum Gasteiger partial charge on any atom is -0.354 e. The minimum atomic E-state index is 0.0771. The van der Waals surface area contributed by atoms with Gasteiger partial charge in [0, 0.05) is 24.0 Å². The first-order chi connectivity index (χ1) is 8.63. The van der Waals surface area contributed by atoms with Crippen LogP contribution in [-0.2, 0) is 4.79 Å². The fourth-order valence-electron chi connectivity index (χ4n) is 2.44. The first-order valence-corrected chi connectivity index (χ1v) is 7.31. The lowest BCUT2D eigenvalue weighted by molar-refractivity contribution is -0.125. The van der Waals surface area contributed by atoms with E-state index in [4.69, 9.17) is 5.73 Å². The van der Waals surface area contributed by atoms with Gasteiger partial charge in [0.1, 0.15) is 0 Å². The number of amides is 1. The molecule has 2 atom stereocenters. The standard InChI is InChI=1S/C13H21N3OS/c1-3-10(14)12(13-9(2)4-7-18-13)16-6-5-15-11(17)8-16/h4,7,10,12H,3,5-6,8,14H2,1-2H3,(H,15,17). The van der Waals surface area contributed by atoms with E-state index in [1.165, 1.54) is 10.4 Å². The van der Waals surface area contributed by atoms with E-state index in [9.17, 15) is 4.79 Å². The lowest BCUT2D eigenvalue weighted by Crippen LogP contribution is -2.52. The number of carbonyl (C=O) groups is 1. The zero-order valence-electron chi connectivity index (χ0n) is 11.0. The number of aryl methyl sites for hydroxylation is 1. The smallest absolute Gasteiger partial charge is 0.234 e. The van der Waals surface area contributed by atoms with Crippen molar-refractivity contribution in [3.63, 3.8) is 0 Å². The van der Waals surface area contributed by atoms with Crippen molar-refractivity contribution in [1.29, 1.82) is 0 Å². The number of nitrogens with two attached hydrogens (primary N) is 1. The Bertz CT molecular complexity index is 418. The molecular formula is C13H21N3OS. The Hall–Kier alpha value is -0.910. The first-order valence-electron chi connectivity index (χ1n) is 6.43. The Kier molecular flexibility index (Phi) is 4.37. The summed E-state index contributed by atoms with van der Waals surface area (Å²) in [5.41, 5.74) is 7.56. The number of piperazine rings is 1. The quantitative estimate of drug-likeness (QED) is 0.863. The van der Waals surface area contributed by atoms with Crippen LogP contribution in [0.25, 0.3) is 0 Å². The van der Waals surface area contributed by atoms with Crippen LogP contribution in [0.2, 0.25) is 0 Å². The van der Waals surface area contributed by atoms with E-state index in [1.807, 2.05) is 0 Å². The molecule has 0 aliphatic carbocycles. The molecule has 0 bridgehead atoms. The Morgan fingerprint density at radius 2 is 2.39 bits per heavy atom. The highest BCUT2D eigenvalue weighted by molar-refractivity contribution is 7.10. The molecule has 1 amide bonds. The van der Waals surface area contributed by atoms with E-state index in [1.54, 1.807) is 11.3 Å². The van der Waals surface area contributed by atoms with Gasteiger partial charge in [-0.25, -0.2) is 0 Å². The predicted octanol–water partition coefficient (Wildman–Crippen LogP) is 1.27. The maximum Gasteiger partial charge on any atom is 0.234 e. The van der Waals surface area contributed by atoms with Gasteiger partial charge < -0.3 is 11.1 Å². The number of hydrogen-bond acceptors (Lipinski definition) is 4. The summed E-state index contributed by atoms with van der Waals surface area (Å²) in [7, 11) is 0. The fraction of sp³-hybridized carbons (Fsp3) is 0.615. The van der Waals surface area contributed by atoms with E-state index in [-0.39, 0.29) is 18.0 Å². The maximum atomic E-state index is 11.6. The van der Waals surface area contributed by atoms with Crippen molar-refractivity contribution in [3.05, 3.63) is 21.9 Å². The molecule has 1 aromatic rings. The second-order valence-corrected chi connectivity index (χ2v) is 5.75. The van der Waals surface area contributed by atoms with E-state index >= 15 is 0 Å². The van der Waals surface area contributed by atoms with E-state index in [0.29, 0.717) is 6.54 Å². The largest absolute Gasteiger partial charge is 0.354 e. The van der Waals surface area contributed by atoms with E-state index in [2.05, 4.69) is 35.5 Å². The van der Waals surface area contributed by atoms with Crippen molar-refractivity contribution >= 4 is 17.2 Å². The summed E-state index contributed by atoms with van der Waals surface area (Å²) >= 11 is 1.74. The maximum absolute atomic E-state index is 11.6. The molecule has 2 unspecified atom stereocenters. The van der Waals surface area contributed by atoms with Crippen molar-refractivity contribution in [3.8, 4) is 0 Å². The van der Waals surface area contributed by atoms with Gasteiger partial charge in [0.2, 0.25) is 5.91 Å². The zero-order valence-corrected chi connectivity index (χ0v) is 11.8. The zero-order chi connectivity index (χ0) is 13.1. The van der Waals surface area contributed by atoms with Gasteiger partial charge in [-0.2, -0.15) is 0 Å². The third kappa shape index (κ3) is 2.74. The molecule has 1 fully saturated rings. The number of carbonyl (C=O) groups excluding carboxylic acids is 1. The average Bonchev–Trinajstić information content (AvgIpc) is 2.76. The van der Waals surface area contributed by atoms with Crippen LogP contribution in [0.3, 0.4) is 0 Å². The summed E-state index contributed by atoms with van der Waals surface area (Å²) in [5.74, 6) is 0.101. The van der Waals surface area contributed by atoms with Crippen LogP contribution >= 0.6 is 11.3 Å². The van der Waals surface area contributed by atoms with Crippen LogP contribution in [0, 0.1) is 6.92 Å². The lowest BCUT2D eigenvalue weighted by atomic mass is 10.00. The molecule has 1 aliphatic rings. The summed E-state index contributed by atoms with van der Waals surface area (Å²) in [4.78, 5) is 15.1. The second kappa shape index (κ2) is 5.82. The molecule has 1 aromatic heterocycles.